The zero-order chi connectivity index (χ0) is 27.4. The topological polar surface area (TPSA) is 121 Å². The van der Waals surface area contributed by atoms with Gasteiger partial charge >= 0.3 is 0 Å². The van der Waals surface area contributed by atoms with Gasteiger partial charge in [0.1, 0.15) is 23.2 Å². The fourth-order valence-corrected chi connectivity index (χ4v) is 6.01. The zero-order valence-corrected chi connectivity index (χ0v) is 22.3. The number of hydrogen-bond acceptors (Lipinski definition) is 8. The summed E-state index contributed by atoms with van der Waals surface area (Å²) in [6, 6.07) is 8.05. The Morgan fingerprint density at radius 2 is 1.88 bits per heavy atom. The Morgan fingerprint density at radius 3 is 2.67 bits per heavy atom. The number of anilines is 2. The second-order valence-corrected chi connectivity index (χ2v) is 11.2. The van der Waals surface area contributed by atoms with E-state index in [0.29, 0.717) is 31.3 Å². The molecule has 210 valence electrons. The average molecular weight is 549 g/mol. The Morgan fingerprint density at radius 1 is 1.02 bits per heavy atom. The lowest BCUT2D eigenvalue weighted by Gasteiger charge is -2.38. The number of fused-ring (bicyclic) bond motifs is 4. The fourth-order valence-electron chi connectivity index (χ4n) is 6.01. The molecule has 5 heterocycles. The van der Waals surface area contributed by atoms with Crippen molar-refractivity contribution in [2.45, 2.75) is 50.2 Å². The van der Waals surface area contributed by atoms with E-state index in [4.69, 9.17) is 20.6 Å². The first kappa shape index (κ1) is 25.1. The number of halogens is 1. The number of amides is 2. The number of hydrogen-bond donors (Lipinski definition) is 2. The molecule has 1 aliphatic carbocycles. The molecule has 3 aromatic rings. The molecule has 12 heteroatoms. The average Bonchev–Trinajstić information content (AvgIpc) is 3.69. The van der Waals surface area contributed by atoms with Gasteiger partial charge in [-0.05, 0) is 50.3 Å². The highest BCUT2D eigenvalue weighted by Crippen LogP contribution is 2.37. The maximum absolute atomic E-state index is 14.3. The fraction of sp³-hybridized carbons (Fsp3) is 0.500. The van der Waals surface area contributed by atoms with Crippen LogP contribution in [0.25, 0.3) is 5.65 Å². The number of rotatable bonds is 2. The van der Waals surface area contributed by atoms with E-state index in [1.807, 2.05) is 10.6 Å². The molecule has 4 aliphatic rings. The van der Waals surface area contributed by atoms with E-state index < -0.39 is 5.82 Å². The lowest BCUT2D eigenvalue weighted by atomic mass is 9.98. The van der Waals surface area contributed by atoms with E-state index in [-0.39, 0.29) is 41.8 Å². The van der Waals surface area contributed by atoms with Crippen LogP contribution < -0.4 is 25.6 Å². The van der Waals surface area contributed by atoms with Crippen LogP contribution in [0.3, 0.4) is 0 Å². The second-order valence-electron chi connectivity index (χ2n) is 11.2. The normalized spacial score (nSPS) is 22.6. The van der Waals surface area contributed by atoms with E-state index in [1.54, 1.807) is 4.90 Å². The molecule has 3 N–H and O–H groups in total. The molecule has 0 radical (unpaired) electrons. The third kappa shape index (κ3) is 4.59. The van der Waals surface area contributed by atoms with Crippen LogP contribution >= 0.6 is 0 Å². The summed E-state index contributed by atoms with van der Waals surface area (Å²) in [6.07, 6.45) is 4.65. The van der Waals surface area contributed by atoms with Crippen molar-refractivity contribution in [3.8, 4) is 5.75 Å². The molecule has 0 spiro atoms. The van der Waals surface area contributed by atoms with Gasteiger partial charge in [-0.3, -0.25) is 9.59 Å². The Labute approximate surface area is 231 Å². The van der Waals surface area contributed by atoms with Crippen molar-refractivity contribution in [3.63, 3.8) is 0 Å². The van der Waals surface area contributed by atoms with Crippen molar-refractivity contribution in [2.24, 2.45) is 5.73 Å². The molecule has 3 aliphatic heterocycles. The van der Waals surface area contributed by atoms with Crippen molar-refractivity contribution < 1.29 is 18.7 Å². The molecule has 1 aromatic carbocycles. The van der Waals surface area contributed by atoms with Crippen LogP contribution in [0.2, 0.25) is 0 Å². The highest BCUT2D eigenvalue weighted by Gasteiger charge is 2.36. The number of carbonyl (C=O) groups excluding carboxylic acids is 2. The van der Waals surface area contributed by atoms with Gasteiger partial charge in [0.05, 0.1) is 17.3 Å². The molecular formula is C28H33FN8O3. The van der Waals surface area contributed by atoms with Crippen LogP contribution in [0.15, 0.2) is 30.3 Å². The van der Waals surface area contributed by atoms with Gasteiger partial charge in [0.15, 0.2) is 12.3 Å². The minimum Gasteiger partial charge on any atom is -0.483 e. The van der Waals surface area contributed by atoms with Gasteiger partial charge < -0.3 is 30.5 Å². The number of aromatic nitrogens is 3. The molecule has 40 heavy (non-hydrogen) atoms. The van der Waals surface area contributed by atoms with Crippen LogP contribution in [0.4, 0.5) is 16.0 Å². The quantitative estimate of drug-likeness (QED) is 0.498. The smallest absolute Gasteiger partial charge is 0.258 e. The number of benzene rings is 1. The van der Waals surface area contributed by atoms with Gasteiger partial charge in [-0.1, -0.05) is 0 Å². The molecule has 2 bridgehead atoms. The van der Waals surface area contributed by atoms with Gasteiger partial charge in [0, 0.05) is 56.9 Å². The third-order valence-electron chi connectivity index (χ3n) is 8.24. The maximum Gasteiger partial charge on any atom is 0.258 e. The SMILES string of the molecule is NC1CN(c2cc3n4nc(cc4n2)[C@@H]2CCCCN2C(=O)c2cc(F)ccc2OCC(=O)NCCN3C2CC2)C1. The van der Waals surface area contributed by atoms with Crippen molar-refractivity contribution in [1.82, 2.24) is 24.8 Å². The molecular weight excluding hydrogens is 515 g/mol. The number of nitrogens with two attached hydrogens (primary N) is 1. The summed E-state index contributed by atoms with van der Waals surface area (Å²) in [5.74, 6) is 0.757. The summed E-state index contributed by atoms with van der Waals surface area (Å²) in [5, 5.41) is 7.96. The standard InChI is InChI=1S/C28H33FN8O3/c29-17-4-7-23-20(11-17)28(39)36-9-2-1-3-22(36)21-12-25-32-24(34-14-18(30)15-34)13-27(37(25)33-21)35(19-5-6-19)10-8-31-26(38)16-40-23/h4,7,11-13,18-19,22H,1-3,5-6,8-10,14-16,30H2,(H,31,38)/t22-/m0/s1. The summed E-state index contributed by atoms with van der Waals surface area (Å²) in [6.45, 7) is 2.73. The van der Waals surface area contributed by atoms with Crippen LogP contribution in [-0.2, 0) is 4.79 Å². The Hall–Kier alpha value is -3.93. The van der Waals surface area contributed by atoms with E-state index in [2.05, 4.69) is 21.2 Å². The van der Waals surface area contributed by atoms with E-state index in [9.17, 15) is 14.0 Å². The monoisotopic (exact) mass is 548 g/mol. The first-order valence-electron chi connectivity index (χ1n) is 14.1. The number of carbonyl (C=O) groups is 2. The Kier molecular flexibility index (Phi) is 6.21. The number of piperidine rings is 1. The summed E-state index contributed by atoms with van der Waals surface area (Å²) < 4.78 is 22.0. The first-order valence-corrected chi connectivity index (χ1v) is 14.1. The van der Waals surface area contributed by atoms with Crippen LogP contribution in [0, 0.1) is 5.82 Å². The molecule has 2 amide bonds. The van der Waals surface area contributed by atoms with Crippen molar-refractivity contribution in [2.75, 3.05) is 49.1 Å². The summed E-state index contributed by atoms with van der Waals surface area (Å²) in [4.78, 5) is 37.7. The van der Waals surface area contributed by atoms with E-state index >= 15 is 0 Å². The zero-order valence-electron chi connectivity index (χ0n) is 22.3. The molecule has 0 unspecified atom stereocenters. The highest BCUT2D eigenvalue weighted by atomic mass is 19.1. The van der Waals surface area contributed by atoms with Crippen molar-refractivity contribution in [1.29, 1.82) is 0 Å². The lowest BCUT2D eigenvalue weighted by molar-refractivity contribution is -0.123. The minimum atomic E-state index is -0.539. The number of nitrogens with zero attached hydrogens (tertiary/aromatic N) is 6. The Bertz CT molecular complexity index is 1470. The van der Waals surface area contributed by atoms with Gasteiger partial charge in [0.25, 0.3) is 11.8 Å². The molecule has 1 atom stereocenters. The molecule has 3 fully saturated rings. The maximum atomic E-state index is 14.3. The second kappa shape index (κ2) is 9.92. The van der Waals surface area contributed by atoms with E-state index in [0.717, 1.165) is 62.5 Å². The first-order chi connectivity index (χ1) is 19.4. The van der Waals surface area contributed by atoms with Gasteiger partial charge in [-0.25, -0.2) is 9.37 Å². The highest BCUT2D eigenvalue weighted by molar-refractivity contribution is 5.97. The Balaban J connectivity index is 1.35. The van der Waals surface area contributed by atoms with Crippen LogP contribution in [0.1, 0.15) is 54.2 Å². The van der Waals surface area contributed by atoms with E-state index in [1.165, 1.54) is 18.2 Å². The third-order valence-corrected chi connectivity index (χ3v) is 8.24. The van der Waals surface area contributed by atoms with Gasteiger partial charge in [0.2, 0.25) is 0 Å². The molecule has 2 saturated heterocycles. The summed E-state index contributed by atoms with van der Waals surface area (Å²) >= 11 is 0. The molecule has 11 nitrogen and oxygen atoms in total. The van der Waals surface area contributed by atoms with Crippen molar-refractivity contribution in [3.05, 3.63) is 47.4 Å². The number of nitrogens with one attached hydrogen (secondary N) is 1. The minimum absolute atomic E-state index is 0.102. The van der Waals surface area contributed by atoms with Crippen LogP contribution in [0.5, 0.6) is 5.75 Å². The molecule has 7 rings (SSSR count). The summed E-state index contributed by atoms with van der Waals surface area (Å²) in [5.41, 5.74) is 7.64. The lowest BCUT2D eigenvalue weighted by Crippen LogP contribution is -2.56. The van der Waals surface area contributed by atoms with Crippen LogP contribution in [-0.4, -0.2) is 82.7 Å². The predicted octanol–water partition coefficient (Wildman–Crippen LogP) is 1.86. The summed E-state index contributed by atoms with van der Waals surface area (Å²) in [7, 11) is 0. The number of ether oxygens (including phenoxy) is 1. The molecule has 1 saturated carbocycles. The predicted molar refractivity (Wildman–Crippen MR) is 146 cm³/mol. The van der Waals surface area contributed by atoms with Gasteiger partial charge in [-0.15, -0.1) is 0 Å². The molecule has 2 aromatic heterocycles. The largest absolute Gasteiger partial charge is 0.483 e. The van der Waals surface area contributed by atoms with Crippen molar-refractivity contribution >= 4 is 29.1 Å². The van der Waals surface area contributed by atoms with Gasteiger partial charge in [-0.2, -0.15) is 9.61 Å².